The summed E-state index contributed by atoms with van der Waals surface area (Å²) in [6, 6.07) is 12.2. The maximum atomic E-state index is 12.5. The largest absolute Gasteiger partial charge is 0.322 e. The van der Waals surface area contributed by atoms with Gasteiger partial charge in [0, 0.05) is 5.69 Å². The van der Waals surface area contributed by atoms with Crippen molar-refractivity contribution in [2.24, 2.45) is 0 Å². The van der Waals surface area contributed by atoms with Crippen LogP contribution in [0.2, 0.25) is 0 Å². The zero-order valence-electron chi connectivity index (χ0n) is 13.0. The summed E-state index contributed by atoms with van der Waals surface area (Å²) in [6.45, 7) is 1.57. The molecule has 4 nitrogen and oxygen atoms in total. The fourth-order valence-electron chi connectivity index (χ4n) is 2.93. The Morgan fingerprint density at radius 1 is 1.09 bits per heavy atom. The Kier molecular flexibility index (Phi) is 4.22. The number of hydrogen-bond donors (Lipinski definition) is 1. The zero-order valence-corrected chi connectivity index (χ0v) is 13.8. The van der Waals surface area contributed by atoms with E-state index in [0.29, 0.717) is 5.69 Å². The van der Waals surface area contributed by atoms with Crippen molar-refractivity contribution in [3.8, 4) is 0 Å². The molecule has 0 radical (unpaired) electrons. The molecule has 1 N–H and O–H groups in total. The molecule has 0 atom stereocenters. The van der Waals surface area contributed by atoms with Crippen molar-refractivity contribution in [1.82, 2.24) is 0 Å². The van der Waals surface area contributed by atoms with Gasteiger partial charge in [0.25, 0.3) is 5.91 Å². The molecular weight excluding hydrogens is 310 g/mol. The number of carbonyl (C=O) groups excluding carboxylic acids is 1. The van der Waals surface area contributed by atoms with Crippen LogP contribution >= 0.6 is 0 Å². The molecule has 0 heterocycles. The van der Waals surface area contributed by atoms with E-state index in [2.05, 4.69) is 5.32 Å². The highest BCUT2D eigenvalue weighted by atomic mass is 32.2. The minimum atomic E-state index is -3.44. The van der Waals surface area contributed by atoms with Gasteiger partial charge in [-0.15, -0.1) is 0 Å². The molecule has 23 heavy (non-hydrogen) atoms. The van der Waals surface area contributed by atoms with Gasteiger partial charge in [0.15, 0.2) is 9.84 Å². The van der Waals surface area contributed by atoms with Crippen LogP contribution in [0.4, 0.5) is 5.69 Å². The Labute approximate surface area is 136 Å². The van der Waals surface area contributed by atoms with Crippen LogP contribution in [0, 0.1) is 0 Å². The number of carbonyl (C=O) groups is 1. The van der Waals surface area contributed by atoms with E-state index < -0.39 is 15.7 Å². The maximum absolute atomic E-state index is 12.5. The zero-order chi connectivity index (χ0) is 16.4. The highest BCUT2D eigenvalue weighted by molar-refractivity contribution is 7.91. The van der Waals surface area contributed by atoms with Crippen LogP contribution in [0.5, 0.6) is 0 Å². The second-order valence-corrected chi connectivity index (χ2v) is 7.94. The van der Waals surface area contributed by atoms with E-state index >= 15 is 0 Å². The molecule has 0 bridgehead atoms. The summed E-state index contributed by atoms with van der Waals surface area (Å²) in [4.78, 5) is 12.6. The van der Waals surface area contributed by atoms with E-state index in [4.69, 9.17) is 0 Å². The summed E-state index contributed by atoms with van der Waals surface area (Å²) < 4.78 is 24.3. The molecule has 0 saturated heterocycles. The van der Waals surface area contributed by atoms with Gasteiger partial charge < -0.3 is 5.32 Å². The molecule has 1 aliphatic carbocycles. The average Bonchev–Trinajstić information content (AvgIpc) is 3.02. The van der Waals surface area contributed by atoms with E-state index in [9.17, 15) is 13.2 Å². The number of rotatable bonds is 4. The molecule has 1 aliphatic rings. The summed E-state index contributed by atoms with van der Waals surface area (Å²) in [5, 5.41) is 2.82. The van der Waals surface area contributed by atoms with Crippen molar-refractivity contribution >= 4 is 21.4 Å². The van der Waals surface area contributed by atoms with Gasteiger partial charge in [-0.1, -0.05) is 25.1 Å². The molecule has 0 saturated carbocycles. The number of benzene rings is 2. The standard InChI is InChI=1S/C18H19NO3S/c1-2-23(21,22)17-9-4-3-8-16(17)18(20)19-15-11-10-13-6-5-7-14(13)12-15/h3-4,8-12H,2,5-7H2,1H3,(H,19,20). The van der Waals surface area contributed by atoms with Crippen LogP contribution in [0.3, 0.4) is 0 Å². The first-order valence-electron chi connectivity index (χ1n) is 7.76. The van der Waals surface area contributed by atoms with Gasteiger partial charge in [-0.25, -0.2) is 8.42 Å². The smallest absolute Gasteiger partial charge is 0.256 e. The van der Waals surface area contributed by atoms with E-state index in [1.165, 1.54) is 17.2 Å². The Bertz CT molecular complexity index is 856. The molecule has 0 fully saturated rings. The Hall–Kier alpha value is -2.14. The number of fused-ring (bicyclic) bond motifs is 1. The third-order valence-electron chi connectivity index (χ3n) is 4.20. The predicted molar refractivity (Wildman–Crippen MR) is 90.6 cm³/mol. The maximum Gasteiger partial charge on any atom is 0.256 e. The van der Waals surface area contributed by atoms with Gasteiger partial charge in [-0.3, -0.25) is 4.79 Å². The van der Waals surface area contributed by atoms with Gasteiger partial charge in [0.1, 0.15) is 0 Å². The Morgan fingerprint density at radius 3 is 2.61 bits per heavy atom. The third kappa shape index (κ3) is 3.15. The van der Waals surface area contributed by atoms with Crippen molar-refractivity contribution in [2.75, 3.05) is 11.1 Å². The minimum absolute atomic E-state index is 0.0316. The number of sulfone groups is 1. The first-order chi connectivity index (χ1) is 11.0. The van der Waals surface area contributed by atoms with Crippen molar-refractivity contribution in [3.05, 3.63) is 59.2 Å². The average molecular weight is 329 g/mol. The Balaban J connectivity index is 1.90. The van der Waals surface area contributed by atoms with Gasteiger partial charge in [0.05, 0.1) is 16.2 Å². The van der Waals surface area contributed by atoms with Crippen molar-refractivity contribution in [3.63, 3.8) is 0 Å². The normalized spacial score (nSPS) is 13.6. The molecule has 0 unspecified atom stereocenters. The van der Waals surface area contributed by atoms with E-state index in [1.807, 2.05) is 18.2 Å². The summed E-state index contributed by atoms with van der Waals surface area (Å²) in [5.41, 5.74) is 3.49. The van der Waals surface area contributed by atoms with Gasteiger partial charge in [0.2, 0.25) is 0 Å². The molecule has 3 rings (SSSR count). The second kappa shape index (κ2) is 6.16. The first-order valence-corrected chi connectivity index (χ1v) is 9.41. The molecule has 5 heteroatoms. The fourth-order valence-corrected chi connectivity index (χ4v) is 4.02. The number of anilines is 1. The summed E-state index contributed by atoms with van der Waals surface area (Å²) in [6.07, 6.45) is 3.26. The van der Waals surface area contributed by atoms with Gasteiger partial charge in [-0.2, -0.15) is 0 Å². The summed E-state index contributed by atoms with van der Waals surface area (Å²) >= 11 is 0. The van der Waals surface area contributed by atoms with E-state index in [1.54, 1.807) is 25.1 Å². The molecule has 2 aromatic carbocycles. The predicted octanol–water partition coefficient (Wildman–Crippen LogP) is 3.22. The lowest BCUT2D eigenvalue weighted by Gasteiger charge is -2.11. The van der Waals surface area contributed by atoms with Crippen LogP contribution in [-0.4, -0.2) is 20.1 Å². The van der Waals surface area contributed by atoms with Crippen molar-refractivity contribution < 1.29 is 13.2 Å². The quantitative estimate of drug-likeness (QED) is 0.937. The van der Waals surface area contributed by atoms with Crippen LogP contribution < -0.4 is 5.32 Å². The number of nitrogens with one attached hydrogen (secondary N) is 1. The van der Waals surface area contributed by atoms with E-state index in [0.717, 1.165) is 19.3 Å². The van der Waals surface area contributed by atoms with Crippen molar-refractivity contribution in [1.29, 1.82) is 0 Å². The van der Waals surface area contributed by atoms with Crippen molar-refractivity contribution in [2.45, 2.75) is 31.1 Å². The molecule has 0 aliphatic heterocycles. The number of amides is 1. The molecule has 2 aromatic rings. The lowest BCUT2D eigenvalue weighted by molar-refractivity contribution is 0.102. The second-order valence-electron chi connectivity index (χ2n) is 5.69. The SMILES string of the molecule is CCS(=O)(=O)c1ccccc1C(=O)Nc1ccc2c(c1)CCC2. The lowest BCUT2D eigenvalue weighted by atomic mass is 10.1. The molecule has 0 aromatic heterocycles. The highest BCUT2D eigenvalue weighted by Gasteiger charge is 2.21. The number of aryl methyl sites for hydroxylation is 2. The fraction of sp³-hybridized carbons (Fsp3) is 0.278. The van der Waals surface area contributed by atoms with Gasteiger partial charge >= 0.3 is 0 Å². The summed E-state index contributed by atoms with van der Waals surface area (Å²) in [7, 11) is -3.44. The number of hydrogen-bond acceptors (Lipinski definition) is 3. The molecule has 1 amide bonds. The van der Waals surface area contributed by atoms with Crippen LogP contribution in [0.15, 0.2) is 47.4 Å². The van der Waals surface area contributed by atoms with Gasteiger partial charge in [-0.05, 0) is 54.7 Å². The minimum Gasteiger partial charge on any atom is -0.322 e. The molecule has 120 valence electrons. The molecular formula is C18H19NO3S. The third-order valence-corrected chi connectivity index (χ3v) is 5.99. The lowest BCUT2D eigenvalue weighted by Crippen LogP contribution is -2.17. The van der Waals surface area contributed by atoms with E-state index in [-0.39, 0.29) is 16.2 Å². The van der Waals surface area contributed by atoms with Crippen LogP contribution in [0.25, 0.3) is 0 Å². The first kappa shape index (κ1) is 15.7. The topological polar surface area (TPSA) is 63.2 Å². The molecule has 0 spiro atoms. The highest BCUT2D eigenvalue weighted by Crippen LogP contribution is 2.25. The monoisotopic (exact) mass is 329 g/mol. The Morgan fingerprint density at radius 2 is 1.83 bits per heavy atom. The van der Waals surface area contributed by atoms with Crippen LogP contribution in [0.1, 0.15) is 34.8 Å². The van der Waals surface area contributed by atoms with Crippen LogP contribution in [-0.2, 0) is 22.7 Å². The summed E-state index contributed by atoms with van der Waals surface area (Å²) in [5.74, 6) is -0.425.